The van der Waals surface area contributed by atoms with Gasteiger partial charge in [-0.15, -0.1) is 0 Å². The second-order valence-corrected chi connectivity index (χ2v) is 4.74. The van der Waals surface area contributed by atoms with E-state index in [0.717, 1.165) is 6.07 Å². The Kier molecular flexibility index (Phi) is 5.07. The van der Waals surface area contributed by atoms with Crippen LogP contribution in [0.3, 0.4) is 0 Å². The first-order valence-electron chi connectivity index (χ1n) is 6.25. The molecule has 9 heteroatoms. The van der Waals surface area contributed by atoms with Crippen molar-refractivity contribution in [2.24, 2.45) is 0 Å². The Bertz CT molecular complexity index is 723. The number of pyridine rings is 1. The van der Waals surface area contributed by atoms with E-state index in [2.05, 4.69) is 20.6 Å². The first-order valence-corrected chi connectivity index (χ1v) is 6.63. The van der Waals surface area contributed by atoms with E-state index in [1.54, 1.807) is 12.1 Å². The molecule has 23 heavy (non-hydrogen) atoms. The maximum Gasteiger partial charge on any atom is 0.419 e. The zero-order chi connectivity index (χ0) is 17.0. The monoisotopic (exact) mass is 345 g/mol. The number of amides is 1. The molecule has 0 saturated heterocycles. The molecule has 1 heterocycles. The smallest absolute Gasteiger partial charge is 0.354 e. The Morgan fingerprint density at radius 2 is 1.96 bits per heavy atom. The van der Waals surface area contributed by atoms with Gasteiger partial charge in [-0.25, -0.2) is 10.5 Å². The van der Waals surface area contributed by atoms with Crippen LogP contribution in [0.2, 0.25) is 5.15 Å². The summed E-state index contributed by atoms with van der Waals surface area (Å²) < 4.78 is 39.1. The number of hydrogen-bond donors (Lipinski definition) is 2. The van der Waals surface area contributed by atoms with Crippen LogP contribution in [-0.4, -0.2) is 18.0 Å². The minimum atomic E-state index is -4.62. The van der Waals surface area contributed by atoms with Crippen molar-refractivity contribution >= 4 is 28.9 Å². The molecule has 0 fully saturated rings. The van der Waals surface area contributed by atoms with E-state index >= 15 is 0 Å². The summed E-state index contributed by atoms with van der Waals surface area (Å²) in [5, 5.41) is 2.46. The lowest BCUT2D eigenvalue weighted by atomic mass is 10.1. The number of alkyl halides is 3. The Balaban J connectivity index is 2.44. The second kappa shape index (κ2) is 6.84. The van der Waals surface area contributed by atoms with E-state index in [0.29, 0.717) is 6.20 Å². The molecular formula is C14H11ClF3N3O2. The number of anilines is 2. The van der Waals surface area contributed by atoms with Gasteiger partial charge in [-0.05, 0) is 18.2 Å². The highest BCUT2D eigenvalue weighted by Crippen LogP contribution is 2.37. The number of aromatic nitrogens is 1. The zero-order valence-electron chi connectivity index (χ0n) is 11.7. The fourth-order valence-electron chi connectivity index (χ4n) is 1.84. The molecule has 1 amide bonds. The van der Waals surface area contributed by atoms with Crippen molar-refractivity contribution in [2.75, 3.05) is 12.4 Å². The van der Waals surface area contributed by atoms with Crippen LogP contribution >= 0.6 is 11.6 Å². The lowest BCUT2D eigenvalue weighted by Crippen LogP contribution is -2.22. The molecule has 2 rings (SSSR count). The lowest BCUT2D eigenvalue weighted by molar-refractivity contribution is -0.137. The summed E-state index contributed by atoms with van der Waals surface area (Å²) in [7, 11) is 1.25. The molecule has 2 N–H and O–H groups in total. The molecule has 0 unspecified atom stereocenters. The van der Waals surface area contributed by atoms with Gasteiger partial charge in [0.25, 0.3) is 5.91 Å². The number of carbonyl (C=O) groups excluding carboxylic acids is 1. The van der Waals surface area contributed by atoms with Crippen LogP contribution in [0.5, 0.6) is 0 Å². The Hall–Kier alpha value is -2.32. The van der Waals surface area contributed by atoms with Crippen LogP contribution in [0.15, 0.2) is 36.5 Å². The predicted octanol–water partition coefficient (Wildman–Crippen LogP) is 3.79. The maximum atomic E-state index is 13.0. The second-order valence-electron chi connectivity index (χ2n) is 4.36. The van der Waals surface area contributed by atoms with E-state index in [4.69, 9.17) is 11.6 Å². The molecule has 0 atom stereocenters. The molecule has 0 spiro atoms. The van der Waals surface area contributed by atoms with Gasteiger partial charge in [-0.2, -0.15) is 13.2 Å². The Morgan fingerprint density at radius 1 is 1.26 bits per heavy atom. The lowest BCUT2D eigenvalue weighted by Gasteiger charge is -2.16. The summed E-state index contributed by atoms with van der Waals surface area (Å²) in [5.41, 5.74) is 1.07. The van der Waals surface area contributed by atoms with Gasteiger partial charge in [0.05, 0.1) is 29.6 Å². The predicted molar refractivity (Wildman–Crippen MR) is 78.4 cm³/mol. The van der Waals surface area contributed by atoms with Crippen LogP contribution in [0.1, 0.15) is 15.9 Å². The van der Waals surface area contributed by atoms with Crippen LogP contribution < -0.4 is 10.8 Å². The van der Waals surface area contributed by atoms with Crippen LogP contribution in [-0.2, 0) is 11.0 Å². The van der Waals surface area contributed by atoms with Crippen molar-refractivity contribution in [3.8, 4) is 0 Å². The summed E-state index contributed by atoms with van der Waals surface area (Å²) in [5.74, 6) is -0.607. The van der Waals surface area contributed by atoms with Crippen molar-refractivity contribution in [1.82, 2.24) is 10.5 Å². The third-order valence-corrected chi connectivity index (χ3v) is 3.02. The van der Waals surface area contributed by atoms with E-state index in [1.165, 1.54) is 19.2 Å². The number of carbonyl (C=O) groups is 1. The van der Waals surface area contributed by atoms with Crippen LogP contribution in [0.25, 0.3) is 0 Å². The molecule has 5 nitrogen and oxygen atoms in total. The maximum absolute atomic E-state index is 13.0. The molecule has 0 saturated carbocycles. The van der Waals surface area contributed by atoms with Gasteiger partial charge >= 0.3 is 6.18 Å². The number of rotatable bonds is 4. The molecule has 2 aromatic rings. The number of nitrogens with one attached hydrogen (secondary N) is 2. The van der Waals surface area contributed by atoms with Crippen LogP contribution in [0, 0.1) is 0 Å². The summed E-state index contributed by atoms with van der Waals surface area (Å²) >= 11 is 5.67. The molecule has 1 aromatic carbocycles. The van der Waals surface area contributed by atoms with E-state index in [1.807, 2.05) is 0 Å². The molecule has 1 aromatic heterocycles. The van der Waals surface area contributed by atoms with Gasteiger partial charge in [0.15, 0.2) is 0 Å². The van der Waals surface area contributed by atoms with Crippen molar-refractivity contribution in [1.29, 1.82) is 0 Å². The zero-order valence-corrected chi connectivity index (χ0v) is 12.5. The first kappa shape index (κ1) is 17.0. The largest absolute Gasteiger partial charge is 0.419 e. The molecule has 0 aliphatic heterocycles. The molecule has 0 bridgehead atoms. The molecule has 0 radical (unpaired) electrons. The Morgan fingerprint density at radius 3 is 2.61 bits per heavy atom. The number of benzene rings is 1. The minimum Gasteiger partial charge on any atom is -0.354 e. The van der Waals surface area contributed by atoms with E-state index in [9.17, 15) is 18.0 Å². The van der Waals surface area contributed by atoms with Crippen molar-refractivity contribution in [3.05, 3.63) is 52.8 Å². The van der Waals surface area contributed by atoms with Gasteiger partial charge in [-0.3, -0.25) is 9.63 Å². The van der Waals surface area contributed by atoms with E-state index in [-0.39, 0.29) is 22.1 Å². The molecule has 122 valence electrons. The molecule has 0 aliphatic rings. The Labute approximate surface area is 134 Å². The van der Waals surface area contributed by atoms with Gasteiger partial charge in [-0.1, -0.05) is 23.7 Å². The number of hydrogen-bond acceptors (Lipinski definition) is 4. The highest BCUT2D eigenvalue weighted by atomic mass is 35.5. The first-order chi connectivity index (χ1) is 10.8. The highest BCUT2D eigenvalue weighted by molar-refractivity contribution is 6.29. The highest BCUT2D eigenvalue weighted by Gasteiger charge is 2.34. The van der Waals surface area contributed by atoms with Gasteiger partial charge in [0, 0.05) is 6.20 Å². The third kappa shape index (κ3) is 4.11. The number of halogens is 4. The normalized spacial score (nSPS) is 11.2. The quantitative estimate of drug-likeness (QED) is 0.653. The molecule has 0 aliphatic carbocycles. The minimum absolute atomic E-state index is 0.107. The van der Waals surface area contributed by atoms with Crippen molar-refractivity contribution in [2.45, 2.75) is 6.18 Å². The van der Waals surface area contributed by atoms with Crippen molar-refractivity contribution in [3.63, 3.8) is 0 Å². The third-order valence-electron chi connectivity index (χ3n) is 2.81. The average Bonchev–Trinajstić information content (AvgIpc) is 2.46. The van der Waals surface area contributed by atoms with Crippen molar-refractivity contribution < 1.29 is 22.8 Å². The number of para-hydroxylation sites is 1. The fraction of sp³-hybridized carbons (Fsp3) is 0.143. The average molecular weight is 346 g/mol. The fourth-order valence-corrected chi connectivity index (χ4v) is 2.00. The number of nitrogens with zero attached hydrogens (tertiary/aromatic N) is 1. The SMILES string of the molecule is CONC(=O)c1ccccc1Nc1cc(Cl)ncc1C(F)(F)F. The van der Waals surface area contributed by atoms with Gasteiger partial charge < -0.3 is 5.32 Å². The van der Waals surface area contributed by atoms with E-state index < -0.39 is 17.6 Å². The summed E-state index contributed by atoms with van der Waals surface area (Å²) in [6.07, 6.45) is -3.99. The molecular weight excluding hydrogens is 335 g/mol. The van der Waals surface area contributed by atoms with Gasteiger partial charge in [0.2, 0.25) is 0 Å². The summed E-state index contributed by atoms with van der Waals surface area (Å²) in [6.45, 7) is 0. The number of hydroxylamine groups is 1. The summed E-state index contributed by atoms with van der Waals surface area (Å²) in [4.78, 5) is 19.8. The van der Waals surface area contributed by atoms with Gasteiger partial charge in [0.1, 0.15) is 5.15 Å². The standard InChI is InChI=1S/C14H11ClF3N3O2/c1-23-21-13(22)8-4-2-3-5-10(8)20-11-6-12(15)19-7-9(11)14(16,17)18/h2-7H,1H3,(H,19,20)(H,21,22). The topological polar surface area (TPSA) is 63.2 Å². The van der Waals surface area contributed by atoms with Crippen LogP contribution in [0.4, 0.5) is 24.5 Å². The summed E-state index contributed by atoms with van der Waals surface area (Å²) in [6, 6.07) is 7.07.